The third-order valence-electron chi connectivity index (χ3n) is 2.47. The molecule has 1 heterocycles. The first-order valence-corrected chi connectivity index (χ1v) is 5.58. The number of nitrogens with zero attached hydrogens (tertiary/aromatic N) is 3. The van der Waals surface area contributed by atoms with Crippen LogP contribution >= 0.6 is 0 Å². The fraction of sp³-hybridized carbons (Fsp3) is 0.636. The summed E-state index contributed by atoms with van der Waals surface area (Å²) in [7, 11) is 3.96. The van der Waals surface area contributed by atoms with E-state index in [9.17, 15) is 0 Å². The van der Waals surface area contributed by atoms with Gasteiger partial charge in [-0.2, -0.15) is 0 Å². The fourth-order valence-corrected chi connectivity index (χ4v) is 1.22. The molecule has 90 valence electrons. The molecule has 0 aromatic carbocycles. The SMILES string of the molecule is CNCCNc1cc(N(C)C(C)C)ncn1. The van der Waals surface area contributed by atoms with Crippen LogP contribution in [0.3, 0.4) is 0 Å². The molecule has 0 aliphatic heterocycles. The molecule has 0 aliphatic rings. The van der Waals surface area contributed by atoms with Crippen molar-refractivity contribution in [3.05, 3.63) is 12.4 Å². The van der Waals surface area contributed by atoms with Gasteiger partial charge in [-0.1, -0.05) is 0 Å². The molecule has 16 heavy (non-hydrogen) atoms. The summed E-state index contributed by atoms with van der Waals surface area (Å²) in [5, 5.41) is 6.32. The summed E-state index contributed by atoms with van der Waals surface area (Å²) in [5.41, 5.74) is 0. The van der Waals surface area contributed by atoms with Crippen molar-refractivity contribution in [1.82, 2.24) is 15.3 Å². The van der Waals surface area contributed by atoms with Crippen LogP contribution in [0.4, 0.5) is 11.6 Å². The van der Waals surface area contributed by atoms with Gasteiger partial charge < -0.3 is 15.5 Å². The van der Waals surface area contributed by atoms with Crippen molar-refractivity contribution in [2.75, 3.05) is 37.4 Å². The van der Waals surface area contributed by atoms with Gasteiger partial charge in [0.2, 0.25) is 0 Å². The van der Waals surface area contributed by atoms with E-state index in [1.807, 2.05) is 20.2 Å². The maximum absolute atomic E-state index is 4.25. The zero-order chi connectivity index (χ0) is 12.0. The van der Waals surface area contributed by atoms with Crippen molar-refractivity contribution in [2.24, 2.45) is 0 Å². The molecule has 0 fully saturated rings. The highest BCUT2D eigenvalue weighted by atomic mass is 15.2. The topological polar surface area (TPSA) is 53.1 Å². The second kappa shape index (κ2) is 6.27. The number of hydrogen-bond donors (Lipinski definition) is 2. The highest BCUT2D eigenvalue weighted by Crippen LogP contribution is 2.14. The second-order valence-corrected chi connectivity index (χ2v) is 4.00. The summed E-state index contributed by atoms with van der Waals surface area (Å²) < 4.78 is 0. The highest BCUT2D eigenvalue weighted by Gasteiger charge is 2.06. The molecule has 0 unspecified atom stereocenters. The van der Waals surface area contributed by atoms with E-state index in [1.165, 1.54) is 0 Å². The number of anilines is 2. The molecule has 5 heteroatoms. The zero-order valence-corrected chi connectivity index (χ0v) is 10.5. The fourth-order valence-electron chi connectivity index (χ4n) is 1.22. The third-order valence-corrected chi connectivity index (χ3v) is 2.47. The molecule has 0 saturated carbocycles. The van der Waals surface area contributed by atoms with Crippen LogP contribution in [0.1, 0.15) is 13.8 Å². The Labute approximate surface area is 97.3 Å². The van der Waals surface area contributed by atoms with E-state index in [1.54, 1.807) is 6.33 Å². The summed E-state index contributed by atoms with van der Waals surface area (Å²) in [6, 6.07) is 2.40. The quantitative estimate of drug-likeness (QED) is 0.703. The first-order valence-electron chi connectivity index (χ1n) is 5.58. The van der Waals surface area contributed by atoms with Crippen molar-refractivity contribution in [1.29, 1.82) is 0 Å². The largest absolute Gasteiger partial charge is 0.369 e. The third kappa shape index (κ3) is 3.66. The Morgan fingerprint density at radius 2 is 2.06 bits per heavy atom. The molecule has 1 rings (SSSR count). The summed E-state index contributed by atoms with van der Waals surface area (Å²) in [5.74, 6) is 1.81. The Kier molecular flexibility index (Phi) is 4.98. The lowest BCUT2D eigenvalue weighted by atomic mass is 10.3. The lowest BCUT2D eigenvalue weighted by Gasteiger charge is -2.22. The molecular formula is C11H21N5. The molecule has 0 aliphatic carbocycles. The van der Waals surface area contributed by atoms with Gasteiger partial charge in [0.1, 0.15) is 18.0 Å². The molecule has 0 radical (unpaired) electrons. The van der Waals surface area contributed by atoms with Gasteiger partial charge in [-0.05, 0) is 20.9 Å². The van der Waals surface area contributed by atoms with Crippen molar-refractivity contribution >= 4 is 11.6 Å². The van der Waals surface area contributed by atoms with Gasteiger partial charge in [0.15, 0.2) is 0 Å². The smallest absolute Gasteiger partial charge is 0.134 e. The molecule has 1 aromatic heterocycles. The van der Waals surface area contributed by atoms with Crippen LogP contribution < -0.4 is 15.5 Å². The lowest BCUT2D eigenvalue weighted by Crippen LogP contribution is -2.26. The standard InChI is InChI=1S/C11H21N5/c1-9(2)16(4)11-7-10(14-8-15-11)13-6-5-12-3/h7-9,12H,5-6H2,1-4H3,(H,13,14,15). The molecule has 0 saturated heterocycles. The number of aromatic nitrogens is 2. The molecule has 0 bridgehead atoms. The predicted octanol–water partition coefficient (Wildman–Crippen LogP) is 0.952. The molecule has 5 nitrogen and oxygen atoms in total. The predicted molar refractivity (Wildman–Crippen MR) is 68.0 cm³/mol. The van der Waals surface area contributed by atoms with Crippen LogP contribution in [0.25, 0.3) is 0 Å². The number of rotatable bonds is 6. The van der Waals surface area contributed by atoms with E-state index in [0.717, 1.165) is 24.7 Å². The summed E-state index contributed by atoms with van der Waals surface area (Å²) in [4.78, 5) is 10.5. The Morgan fingerprint density at radius 1 is 1.31 bits per heavy atom. The van der Waals surface area contributed by atoms with Gasteiger partial charge in [-0.3, -0.25) is 0 Å². The van der Waals surface area contributed by atoms with Gasteiger partial charge >= 0.3 is 0 Å². The van der Waals surface area contributed by atoms with Crippen molar-refractivity contribution < 1.29 is 0 Å². The van der Waals surface area contributed by atoms with E-state index in [-0.39, 0.29) is 0 Å². The molecule has 2 N–H and O–H groups in total. The van der Waals surface area contributed by atoms with Crippen LogP contribution in [-0.2, 0) is 0 Å². The van der Waals surface area contributed by atoms with Gasteiger partial charge in [0, 0.05) is 32.2 Å². The van der Waals surface area contributed by atoms with Gasteiger partial charge in [0.05, 0.1) is 0 Å². The minimum Gasteiger partial charge on any atom is -0.369 e. The van der Waals surface area contributed by atoms with Crippen molar-refractivity contribution in [2.45, 2.75) is 19.9 Å². The summed E-state index contributed by atoms with van der Waals surface area (Å²) >= 11 is 0. The van der Waals surface area contributed by atoms with Gasteiger partial charge in [-0.25, -0.2) is 9.97 Å². The maximum Gasteiger partial charge on any atom is 0.134 e. The van der Waals surface area contributed by atoms with Crippen LogP contribution in [0, 0.1) is 0 Å². The molecular weight excluding hydrogens is 202 g/mol. The van der Waals surface area contributed by atoms with E-state index >= 15 is 0 Å². The van der Waals surface area contributed by atoms with Crippen LogP contribution in [0.15, 0.2) is 12.4 Å². The first kappa shape index (κ1) is 12.7. The Balaban J connectivity index is 2.63. The second-order valence-electron chi connectivity index (χ2n) is 4.00. The summed E-state index contributed by atoms with van der Waals surface area (Å²) in [6.07, 6.45) is 1.59. The van der Waals surface area contributed by atoms with Gasteiger partial charge in [0.25, 0.3) is 0 Å². The van der Waals surface area contributed by atoms with Crippen molar-refractivity contribution in [3.63, 3.8) is 0 Å². The monoisotopic (exact) mass is 223 g/mol. The summed E-state index contributed by atoms with van der Waals surface area (Å²) in [6.45, 7) is 6.05. The average Bonchev–Trinajstić information content (AvgIpc) is 2.29. The Morgan fingerprint density at radius 3 is 2.69 bits per heavy atom. The van der Waals surface area contributed by atoms with E-state index < -0.39 is 0 Å². The van der Waals surface area contributed by atoms with Crippen molar-refractivity contribution in [3.8, 4) is 0 Å². The van der Waals surface area contributed by atoms with Gasteiger partial charge in [-0.15, -0.1) is 0 Å². The van der Waals surface area contributed by atoms with E-state index in [0.29, 0.717) is 6.04 Å². The van der Waals surface area contributed by atoms with E-state index in [4.69, 9.17) is 0 Å². The molecule has 1 aromatic rings. The Hall–Kier alpha value is -1.36. The van der Waals surface area contributed by atoms with Crippen LogP contribution in [0.2, 0.25) is 0 Å². The zero-order valence-electron chi connectivity index (χ0n) is 10.5. The minimum atomic E-state index is 0.431. The minimum absolute atomic E-state index is 0.431. The van der Waals surface area contributed by atoms with E-state index in [2.05, 4.69) is 39.3 Å². The number of nitrogens with one attached hydrogen (secondary N) is 2. The average molecular weight is 223 g/mol. The molecule has 0 spiro atoms. The van der Waals surface area contributed by atoms with Crippen LogP contribution in [0.5, 0.6) is 0 Å². The van der Waals surface area contributed by atoms with Crippen LogP contribution in [-0.4, -0.2) is 43.2 Å². The Bertz CT molecular complexity index is 313. The highest BCUT2D eigenvalue weighted by molar-refractivity contribution is 5.48. The number of hydrogen-bond acceptors (Lipinski definition) is 5. The molecule has 0 amide bonds. The lowest BCUT2D eigenvalue weighted by molar-refractivity contribution is 0.741. The first-order chi connectivity index (χ1) is 7.65. The maximum atomic E-state index is 4.25. The number of likely N-dealkylation sites (N-methyl/N-ethyl adjacent to an activating group) is 1. The molecule has 0 atom stereocenters. The normalized spacial score (nSPS) is 10.6.